The monoisotopic (exact) mass is 395 g/mol. The third-order valence-electron chi connectivity index (χ3n) is 5.64. The maximum Gasteiger partial charge on any atom is 0.274 e. The van der Waals surface area contributed by atoms with Crippen LogP contribution in [0.25, 0.3) is 0 Å². The molecule has 6 nitrogen and oxygen atoms in total. The van der Waals surface area contributed by atoms with Crippen LogP contribution in [0.4, 0.5) is 0 Å². The number of nitrogens with one attached hydrogen (secondary N) is 1. The molecule has 1 aromatic heterocycles. The minimum absolute atomic E-state index is 0.208. The Hall–Kier alpha value is -2.28. The van der Waals surface area contributed by atoms with Crippen molar-refractivity contribution in [3.8, 4) is 0 Å². The van der Waals surface area contributed by atoms with Crippen molar-refractivity contribution >= 4 is 5.91 Å². The summed E-state index contributed by atoms with van der Waals surface area (Å²) in [6.07, 6.45) is 9.53. The van der Waals surface area contributed by atoms with Gasteiger partial charge >= 0.3 is 0 Å². The van der Waals surface area contributed by atoms with Crippen molar-refractivity contribution in [3.05, 3.63) is 65.0 Å². The minimum atomic E-state index is -0.328. The van der Waals surface area contributed by atoms with Crippen LogP contribution in [-0.4, -0.2) is 41.8 Å². The van der Waals surface area contributed by atoms with E-state index in [4.69, 9.17) is 9.57 Å². The number of rotatable bonds is 7. The largest absolute Gasteiger partial charge is 0.350 e. The molecule has 154 valence electrons. The molecule has 1 unspecified atom stereocenters. The summed E-state index contributed by atoms with van der Waals surface area (Å²) in [7, 11) is 0. The molecule has 0 bridgehead atoms. The molecule has 1 saturated heterocycles. The van der Waals surface area contributed by atoms with Gasteiger partial charge in [0.05, 0.1) is 0 Å². The van der Waals surface area contributed by atoms with Crippen LogP contribution >= 0.6 is 0 Å². The fourth-order valence-electron chi connectivity index (χ4n) is 3.98. The van der Waals surface area contributed by atoms with E-state index in [9.17, 15) is 4.79 Å². The molecule has 0 aliphatic carbocycles. The Morgan fingerprint density at radius 3 is 3.07 bits per heavy atom. The first kappa shape index (κ1) is 20.0. The zero-order chi connectivity index (χ0) is 19.9. The van der Waals surface area contributed by atoms with Crippen molar-refractivity contribution in [2.75, 3.05) is 19.7 Å². The lowest BCUT2D eigenvalue weighted by Crippen LogP contribution is -2.34. The molecule has 1 aromatic carbocycles. The van der Waals surface area contributed by atoms with Crippen LogP contribution in [0.1, 0.15) is 52.7 Å². The molecule has 1 amide bonds. The molecule has 1 fully saturated rings. The van der Waals surface area contributed by atoms with E-state index in [1.807, 2.05) is 30.6 Å². The topological polar surface area (TPSA) is 63.7 Å². The number of hydroxylamine groups is 1. The van der Waals surface area contributed by atoms with Crippen molar-refractivity contribution < 1.29 is 14.4 Å². The Bertz CT molecular complexity index is 806. The molecule has 29 heavy (non-hydrogen) atoms. The van der Waals surface area contributed by atoms with E-state index in [0.717, 1.165) is 58.2 Å². The molecule has 0 spiro atoms. The van der Waals surface area contributed by atoms with Gasteiger partial charge in [-0.1, -0.05) is 12.1 Å². The molecular formula is C23H29N3O3. The van der Waals surface area contributed by atoms with Gasteiger partial charge in [-0.3, -0.25) is 14.7 Å². The van der Waals surface area contributed by atoms with Gasteiger partial charge in [-0.25, -0.2) is 10.3 Å². The van der Waals surface area contributed by atoms with Crippen LogP contribution in [0.2, 0.25) is 0 Å². The fraction of sp³-hybridized carbons (Fsp3) is 0.478. The van der Waals surface area contributed by atoms with E-state index in [1.54, 1.807) is 0 Å². The Morgan fingerprint density at radius 2 is 2.24 bits per heavy atom. The number of aryl methyl sites for hydroxylation is 1. The van der Waals surface area contributed by atoms with Gasteiger partial charge in [0, 0.05) is 44.1 Å². The van der Waals surface area contributed by atoms with Gasteiger partial charge in [0.15, 0.2) is 6.29 Å². The second kappa shape index (κ2) is 9.96. The summed E-state index contributed by atoms with van der Waals surface area (Å²) in [6, 6.07) is 10.1. The molecule has 4 rings (SSSR count). The van der Waals surface area contributed by atoms with Crippen molar-refractivity contribution in [2.45, 2.75) is 51.4 Å². The number of aromatic nitrogens is 1. The molecule has 2 aliphatic rings. The first-order chi connectivity index (χ1) is 14.3. The quantitative estimate of drug-likeness (QED) is 0.729. The SMILES string of the molecule is O=C(NOC1CCCCO1)c1ccc2c(c1)CCN(CCCc1cccnc1)C2. The molecule has 0 saturated carbocycles. The number of nitrogens with zero attached hydrogens (tertiary/aromatic N) is 2. The lowest BCUT2D eigenvalue weighted by molar-refractivity contribution is -0.186. The highest BCUT2D eigenvalue weighted by molar-refractivity contribution is 5.93. The van der Waals surface area contributed by atoms with Crippen molar-refractivity contribution in [3.63, 3.8) is 0 Å². The maximum atomic E-state index is 12.4. The van der Waals surface area contributed by atoms with Crippen LogP contribution in [-0.2, 0) is 29.0 Å². The molecule has 1 atom stereocenters. The summed E-state index contributed by atoms with van der Waals surface area (Å²) >= 11 is 0. The number of fused-ring (bicyclic) bond motifs is 1. The highest BCUT2D eigenvalue weighted by atomic mass is 16.8. The lowest BCUT2D eigenvalue weighted by atomic mass is 9.97. The smallest absolute Gasteiger partial charge is 0.274 e. The fourth-order valence-corrected chi connectivity index (χ4v) is 3.98. The molecule has 3 heterocycles. The van der Waals surface area contributed by atoms with Gasteiger partial charge in [0.1, 0.15) is 0 Å². The van der Waals surface area contributed by atoms with E-state index in [-0.39, 0.29) is 12.2 Å². The number of carbonyl (C=O) groups excluding carboxylic acids is 1. The van der Waals surface area contributed by atoms with E-state index in [1.165, 1.54) is 16.7 Å². The first-order valence-corrected chi connectivity index (χ1v) is 10.6. The van der Waals surface area contributed by atoms with Gasteiger partial charge < -0.3 is 4.74 Å². The standard InChI is InChI=1S/C23H29N3O3/c27-23(25-29-22-7-1-2-14-28-22)20-8-9-21-17-26(13-10-19(21)15-20)12-4-6-18-5-3-11-24-16-18/h3,5,8-9,11,15-16,22H,1-2,4,6-7,10,12-14,17H2,(H,25,27). The second-order valence-corrected chi connectivity index (χ2v) is 7.82. The van der Waals surface area contributed by atoms with Crippen molar-refractivity contribution in [1.82, 2.24) is 15.4 Å². The summed E-state index contributed by atoms with van der Waals surface area (Å²) < 4.78 is 5.48. The summed E-state index contributed by atoms with van der Waals surface area (Å²) in [5.74, 6) is -0.208. The average Bonchev–Trinajstić information content (AvgIpc) is 2.78. The zero-order valence-electron chi connectivity index (χ0n) is 16.8. The zero-order valence-corrected chi connectivity index (χ0v) is 16.8. The van der Waals surface area contributed by atoms with E-state index in [2.05, 4.69) is 27.5 Å². The third kappa shape index (κ3) is 5.63. The number of ether oxygens (including phenoxy) is 1. The summed E-state index contributed by atoms with van der Waals surface area (Å²) in [4.78, 5) is 24.5. The molecular weight excluding hydrogens is 366 g/mol. The minimum Gasteiger partial charge on any atom is -0.350 e. The Labute approximate surface area is 172 Å². The van der Waals surface area contributed by atoms with Gasteiger partial charge in [-0.2, -0.15) is 0 Å². The van der Waals surface area contributed by atoms with Crippen LogP contribution in [0.3, 0.4) is 0 Å². The molecule has 6 heteroatoms. The number of hydrogen-bond donors (Lipinski definition) is 1. The molecule has 2 aromatic rings. The number of benzene rings is 1. The summed E-state index contributed by atoms with van der Waals surface area (Å²) in [5, 5.41) is 0. The van der Waals surface area contributed by atoms with E-state index < -0.39 is 0 Å². The third-order valence-corrected chi connectivity index (χ3v) is 5.64. The number of carbonyl (C=O) groups is 1. The Kier molecular flexibility index (Phi) is 6.87. The normalized spacial score (nSPS) is 19.5. The average molecular weight is 396 g/mol. The number of pyridine rings is 1. The van der Waals surface area contributed by atoms with Gasteiger partial charge in [0.25, 0.3) is 5.91 Å². The second-order valence-electron chi connectivity index (χ2n) is 7.82. The van der Waals surface area contributed by atoms with Crippen LogP contribution in [0, 0.1) is 0 Å². The highest BCUT2D eigenvalue weighted by Gasteiger charge is 2.19. The van der Waals surface area contributed by atoms with Crippen LogP contribution < -0.4 is 5.48 Å². The van der Waals surface area contributed by atoms with Gasteiger partial charge in [-0.05, 0) is 73.5 Å². The molecule has 2 aliphatic heterocycles. The number of hydrogen-bond acceptors (Lipinski definition) is 5. The summed E-state index contributed by atoms with van der Waals surface area (Å²) in [5.41, 5.74) is 7.05. The lowest BCUT2D eigenvalue weighted by Gasteiger charge is -2.29. The van der Waals surface area contributed by atoms with E-state index >= 15 is 0 Å². The predicted octanol–water partition coefficient (Wildman–Crippen LogP) is 3.26. The Balaban J connectivity index is 1.26. The van der Waals surface area contributed by atoms with Crippen molar-refractivity contribution in [1.29, 1.82) is 0 Å². The summed E-state index contributed by atoms with van der Waals surface area (Å²) in [6.45, 7) is 3.73. The van der Waals surface area contributed by atoms with Crippen molar-refractivity contribution in [2.24, 2.45) is 0 Å². The van der Waals surface area contributed by atoms with E-state index in [0.29, 0.717) is 12.2 Å². The first-order valence-electron chi connectivity index (χ1n) is 10.6. The highest BCUT2D eigenvalue weighted by Crippen LogP contribution is 2.21. The predicted molar refractivity (Wildman–Crippen MR) is 110 cm³/mol. The maximum absolute atomic E-state index is 12.4. The van der Waals surface area contributed by atoms with Crippen LogP contribution in [0.5, 0.6) is 0 Å². The van der Waals surface area contributed by atoms with Gasteiger partial charge in [0.2, 0.25) is 0 Å². The molecule has 0 radical (unpaired) electrons. The van der Waals surface area contributed by atoms with Gasteiger partial charge in [-0.15, -0.1) is 0 Å². The molecule has 1 N–H and O–H groups in total. The Morgan fingerprint density at radius 1 is 1.28 bits per heavy atom. The van der Waals surface area contributed by atoms with Crippen LogP contribution in [0.15, 0.2) is 42.7 Å². The number of amides is 1.